The molecule has 1 aliphatic heterocycles. The second kappa shape index (κ2) is 11.2. The number of benzene rings is 3. The first kappa shape index (κ1) is 25.7. The first-order chi connectivity index (χ1) is 18.5. The Kier molecular flexibility index (Phi) is 7.61. The summed E-state index contributed by atoms with van der Waals surface area (Å²) in [6.07, 6.45) is 0.651. The normalized spacial score (nSPS) is 14.3. The maximum Gasteiger partial charge on any atom is 0.339 e. The van der Waals surface area contributed by atoms with Crippen molar-refractivity contribution in [2.45, 2.75) is 32.7 Å². The zero-order chi connectivity index (χ0) is 26.6. The van der Waals surface area contributed by atoms with E-state index in [-0.39, 0.29) is 24.0 Å². The fourth-order valence-corrected chi connectivity index (χ4v) is 5.59. The highest BCUT2D eigenvalue weighted by Gasteiger charge is 2.28. The number of fused-ring (bicyclic) bond motifs is 1. The van der Waals surface area contributed by atoms with Crippen LogP contribution in [0.3, 0.4) is 0 Å². The molecule has 0 atom stereocenters. The predicted octanol–water partition coefficient (Wildman–Crippen LogP) is 5.28. The molecular weight excluding hydrogens is 476 g/mol. The van der Waals surface area contributed by atoms with E-state index < -0.39 is 0 Å². The Morgan fingerprint density at radius 1 is 0.868 bits per heavy atom. The van der Waals surface area contributed by atoms with Crippen molar-refractivity contribution in [1.82, 2.24) is 9.80 Å². The summed E-state index contributed by atoms with van der Waals surface area (Å²) in [5.74, 6) is 0.759. The minimum absolute atomic E-state index is 0.0745. The van der Waals surface area contributed by atoms with E-state index in [0.29, 0.717) is 36.4 Å². The van der Waals surface area contributed by atoms with E-state index in [9.17, 15) is 9.59 Å². The third kappa shape index (κ3) is 5.09. The lowest BCUT2D eigenvalue weighted by Crippen LogP contribution is -2.50. The number of carbonyl (C=O) groups excluding carboxylic acids is 1. The Bertz CT molecular complexity index is 1430. The Labute approximate surface area is 223 Å². The Morgan fingerprint density at radius 3 is 2.05 bits per heavy atom. The van der Waals surface area contributed by atoms with E-state index in [1.54, 1.807) is 7.11 Å². The molecule has 0 bridgehead atoms. The summed E-state index contributed by atoms with van der Waals surface area (Å²) in [6, 6.07) is 25.0. The van der Waals surface area contributed by atoms with E-state index in [1.165, 1.54) is 11.1 Å². The molecule has 0 saturated carbocycles. The van der Waals surface area contributed by atoms with Gasteiger partial charge < -0.3 is 14.1 Å². The molecule has 196 valence electrons. The minimum atomic E-state index is -0.377. The highest BCUT2D eigenvalue weighted by atomic mass is 16.5. The molecule has 5 rings (SSSR count). The molecule has 1 amide bonds. The summed E-state index contributed by atoms with van der Waals surface area (Å²) < 4.78 is 11.0. The monoisotopic (exact) mass is 510 g/mol. The van der Waals surface area contributed by atoms with Crippen LogP contribution in [0.25, 0.3) is 11.0 Å². The smallest absolute Gasteiger partial charge is 0.339 e. The molecule has 0 spiro atoms. The summed E-state index contributed by atoms with van der Waals surface area (Å²) >= 11 is 0. The van der Waals surface area contributed by atoms with Gasteiger partial charge in [0.1, 0.15) is 11.3 Å². The average molecular weight is 511 g/mol. The van der Waals surface area contributed by atoms with Crippen LogP contribution in [-0.2, 0) is 11.2 Å². The number of amides is 1. The van der Waals surface area contributed by atoms with Crippen LogP contribution in [0, 0.1) is 13.8 Å². The second-order valence-corrected chi connectivity index (χ2v) is 9.90. The van der Waals surface area contributed by atoms with Crippen LogP contribution in [0.1, 0.15) is 40.3 Å². The number of methoxy groups -OCH3 is 1. The highest BCUT2D eigenvalue weighted by Crippen LogP contribution is 2.31. The molecule has 4 aromatic rings. The van der Waals surface area contributed by atoms with Gasteiger partial charge in [-0.05, 0) is 49.1 Å². The summed E-state index contributed by atoms with van der Waals surface area (Å²) in [5.41, 5.74) is 4.92. The molecule has 38 heavy (non-hydrogen) atoms. The molecule has 0 radical (unpaired) electrons. The van der Waals surface area contributed by atoms with Gasteiger partial charge in [0.05, 0.1) is 13.2 Å². The zero-order valence-electron chi connectivity index (χ0n) is 22.3. The molecule has 1 aromatic heterocycles. The number of aryl methyl sites for hydroxylation is 2. The number of hydrogen-bond donors (Lipinski definition) is 0. The molecule has 1 fully saturated rings. The van der Waals surface area contributed by atoms with Crippen molar-refractivity contribution in [1.29, 1.82) is 0 Å². The lowest BCUT2D eigenvalue weighted by atomic mass is 9.96. The first-order valence-electron chi connectivity index (χ1n) is 13.2. The average Bonchev–Trinajstić information content (AvgIpc) is 2.95. The van der Waals surface area contributed by atoms with Crippen molar-refractivity contribution >= 4 is 16.9 Å². The van der Waals surface area contributed by atoms with E-state index in [1.807, 2.05) is 43.0 Å². The van der Waals surface area contributed by atoms with Crippen LogP contribution in [0.4, 0.5) is 0 Å². The fraction of sp³-hybridized carbons (Fsp3) is 0.312. The van der Waals surface area contributed by atoms with Crippen molar-refractivity contribution in [3.63, 3.8) is 0 Å². The number of piperazine rings is 1. The van der Waals surface area contributed by atoms with Gasteiger partial charge in [0.15, 0.2) is 0 Å². The van der Waals surface area contributed by atoms with Crippen LogP contribution >= 0.6 is 0 Å². The Morgan fingerprint density at radius 2 is 1.47 bits per heavy atom. The number of hydrogen-bond acceptors (Lipinski definition) is 5. The number of ether oxygens (including phenoxy) is 1. The van der Waals surface area contributed by atoms with Crippen molar-refractivity contribution < 1.29 is 13.9 Å². The highest BCUT2D eigenvalue weighted by molar-refractivity contribution is 5.86. The predicted molar refractivity (Wildman–Crippen MR) is 150 cm³/mol. The van der Waals surface area contributed by atoms with Crippen molar-refractivity contribution in [2.24, 2.45) is 0 Å². The van der Waals surface area contributed by atoms with Gasteiger partial charge in [-0.25, -0.2) is 4.79 Å². The summed E-state index contributed by atoms with van der Waals surface area (Å²) in [4.78, 5) is 30.4. The summed E-state index contributed by atoms with van der Waals surface area (Å²) in [5, 5.41) is 0.881. The quantitative estimate of drug-likeness (QED) is 0.317. The zero-order valence-corrected chi connectivity index (χ0v) is 22.3. The van der Waals surface area contributed by atoms with Crippen LogP contribution in [0.2, 0.25) is 0 Å². The standard InChI is InChI=1S/C32H34N2O4/c1-22-26-14-16-28(37-3)23(2)31(26)38-32(36)27(22)15-17-29(35)33-18-20-34(21-19-33)30(24-10-6-4-7-11-24)25-12-8-5-9-13-25/h4-14,16,30H,15,17-21H2,1-3H3. The SMILES string of the molecule is COc1ccc2c(C)c(CCC(=O)N3CCN(C(c4ccccc4)c4ccccc4)CC3)c(=O)oc2c1C. The van der Waals surface area contributed by atoms with Gasteiger partial charge in [0.2, 0.25) is 5.91 Å². The summed E-state index contributed by atoms with van der Waals surface area (Å²) in [6.45, 7) is 6.72. The van der Waals surface area contributed by atoms with Gasteiger partial charge >= 0.3 is 5.63 Å². The molecule has 2 heterocycles. The summed E-state index contributed by atoms with van der Waals surface area (Å²) in [7, 11) is 1.60. The van der Waals surface area contributed by atoms with Crippen molar-refractivity contribution in [2.75, 3.05) is 33.3 Å². The molecule has 6 nitrogen and oxygen atoms in total. The lowest BCUT2D eigenvalue weighted by Gasteiger charge is -2.40. The Balaban J connectivity index is 1.26. The number of rotatable bonds is 7. The van der Waals surface area contributed by atoms with Crippen LogP contribution in [0.15, 0.2) is 82.0 Å². The Hall–Kier alpha value is -3.90. The number of nitrogens with zero attached hydrogens (tertiary/aromatic N) is 2. The molecule has 6 heteroatoms. The molecule has 0 aliphatic carbocycles. The van der Waals surface area contributed by atoms with Crippen LogP contribution in [0.5, 0.6) is 5.75 Å². The van der Waals surface area contributed by atoms with Gasteiger partial charge in [-0.2, -0.15) is 0 Å². The largest absolute Gasteiger partial charge is 0.496 e. The maximum absolute atomic E-state index is 13.2. The van der Waals surface area contributed by atoms with E-state index >= 15 is 0 Å². The number of carbonyl (C=O) groups is 1. The van der Waals surface area contributed by atoms with Gasteiger partial charge in [-0.15, -0.1) is 0 Å². The molecule has 1 aliphatic rings. The fourth-order valence-electron chi connectivity index (χ4n) is 5.59. The van der Waals surface area contributed by atoms with E-state index in [4.69, 9.17) is 9.15 Å². The van der Waals surface area contributed by atoms with Crippen molar-refractivity contribution in [3.8, 4) is 5.75 Å². The van der Waals surface area contributed by atoms with Gasteiger partial charge in [0, 0.05) is 49.1 Å². The van der Waals surface area contributed by atoms with E-state index in [0.717, 1.165) is 29.6 Å². The molecule has 1 saturated heterocycles. The molecule has 3 aromatic carbocycles. The minimum Gasteiger partial charge on any atom is -0.496 e. The van der Waals surface area contributed by atoms with Gasteiger partial charge in [-0.3, -0.25) is 9.69 Å². The van der Waals surface area contributed by atoms with E-state index in [2.05, 4.69) is 53.4 Å². The second-order valence-electron chi connectivity index (χ2n) is 9.90. The molecule has 0 N–H and O–H groups in total. The molecular formula is C32H34N2O4. The lowest BCUT2D eigenvalue weighted by molar-refractivity contribution is -0.133. The van der Waals surface area contributed by atoms with Crippen LogP contribution in [-0.4, -0.2) is 49.0 Å². The van der Waals surface area contributed by atoms with Crippen LogP contribution < -0.4 is 10.4 Å². The first-order valence-corrected chi connectivity index (χ1v) is 13.2. The maximum atomic E-state index is 13.2. The van der Waals surface area contributed by atoms with Crippen molar-refractivity contribution in [3.05, 3.63) is 111 Å². The van der Waals surface area contributed by atoms with Gasteiger partial charge in [-0.1, -0.05) is 60.7 Å². The third-order valence-corrected chi connectivity index (χ3v) is 7.73. The third-order valence-electron chi connectivity index (χ3n) is 7.73. The molecule has 0 unspecified atom stereocenters. The topological polar surface area (TPSA) is 63.0 Å². The van der Waals surface area contributed by atoms with Gasteiger partial charge in [0.25, 0.3) is 0 Å².